The second-order valence-electron chi connectivity index (χ2n) is 4.70. The number of hydrogen-bond donors (Lipinski definition) is 1. The molecule has 0 saturated carbocycles. The molecule has 0 heterocycles. The first kappa shape index (κ1) is 15.5. The number of ether oxygens (including phenoxy) is 2. The molecule has 1 atom stereocenters. The van der Waals surface area contributed by atoms with Gasteiger partial charge in [-0.25, -0.2) is 0 Å². The molecule has 0 aromatic heterocycles. The molecule has 0 aliphatic rings. The molecule has 0 saturated heterocycles. The van der Waals surface area contributed by atoms with Crippen LogP contribution in [0.15, 0.2) is 18.2 Å². The van der Waals surface area contributed by atoms with Gasteiger partial charge in [-0.1, -0.05) is 26.0 Å². The second kappa shape index (κ2) is 7.14. The minimum atomic E-state index is -0.414. The van der Waals surface area contributed by atoms with Crippen molar-refractivity contribution < 1.29 is 14.3 Å². The molecule has 4 nitrogen and oxygen atoms in total. The highest BCUT2D eigenvalue weighted by Gasteiger charge is 2.22. The van der Waals surface area contributed by atoms with E-state index in [1.165, 1.54) is 0 Å². The third kappa shape index (κ3) is 3.70. The van der Waals surface area contributed by atoms with Crippen molar-refractivity contribution in [2.45, 2.75) is 32.6 Å². The average molecular weight is 265 g/mol. The summed E-state index contributed by atoms with van der Waals surface area (Å²) in [5.74, 6) is 0.460. The van der Waals surface area contributed by atoms with Gasteiger partial charge < -0.3 is 15.2 Å². The van der Waals surface area contributed by atoms with Crippen LogP contribution in [0.1, 0.15) is 43.7 Å². The fourth-order valence-corrected chi connectivity index (χ4v) is 2.03. The Morgan fingerprint density at radius 2 is 2.05 bits per heavy atom. The molecule has 0 fully saturated rings. The summed E-state index contributed by atoms with van der Waals surface area (Å²) in [5.41, 5.74) is 7.65. The Balaban J connectivity index is 3.11. The Hall–Kier alpha value is -1.55. The highest BCUT2D eigenvalue weighted by molar-refractivity contribution is 5.78. The lowest BCUT2D eigenvalue weighted by atomic mass is 9.93. The molecule has 2 N–H and O–H groups in total. The standard InChI is InChI=1S/C15H23NO3/c1-5-19-15(17)13(9-16)11-6-7-14(18-4)12(8-11)10(2)3/h6-8,10,13H,5,9,16H2,1-4H3. The van der Waals surface area contributed by atoms with Crippen molar-refractivity contribution in [2.24, 2.45) is 5.73 Å². The maximum atomic E-state index is 11.9. The van der Waals surface area contributed by atoms with Crippen LogP contribution in [0.4, 0.5) is 0 Å². The van der Waals surface area contributed by atoms with Gasteiger partial charge >= 0.3 is 5.97 Å². The van der Waals surface area contributed by atoms with Crippen LogP contribution in [0, 0.1) is 0 Å². The number of methoxy groups -OCH3 is 1. The number of nitrogens with two attached hydrogens (primary N) is 1. The van der Waals surface area contributed by atoms with Crippen LogP contribution in [0.3, 0.4) is 0 Å². The van der Waals surface area contributed by atoms with Crippen LogP contribution in [-0.2, 0) is 9.53 Å². The molecule has 1 aromatic carbocycles. The van der Waals surface area contributed by atoms with Gasteiger partial charge in [0.05, 0.1) is 19.6 Å². The molecule has 0 aliphatic heterocycles. The SMILES string of the molecule is CCOC(=O)C(CN)c1ccc(OC)c(C(C)C)c1. The molecule has 1 rings (SSSR count). The molecule has 0 aliphatic carbocycles. The van der Waals surface area contributed by atoms with E-state index in [-0.39, 0.29) is 12.5 Å². The first-order valence-corrected chi connectivity index (χ1v) is 6.59. The van der Waals surface area contributed by atoms with Gasteiger partial charge in [0.15, 0.2) is 0 Å². The maximum absolute atomic E-state index is 11.9. The number of carbonyl (C=O) groups excluding carboxylic acids is 1. The zero-order valence-corrected chi connectivity index (χ0v) is 12.1. The van der Waals surface area contributed by atoms with Crippen molar-refractivity contribution in [3.05, 3.63) is 29.3 Å². The van der Waals surface area contributed by atoms with Crippen LogP contribution < -0.4 is 10.5 Å². The minimum Gasteiger partial charge on any atom is -0.496 e. The smallest absolute Gasteiger partial charge is 0.314 e. The van der Waals surface area contributed by atoms with Crippen LogP contribution in [0.5, 0.6) is 5.75 Å². The number of benzene rings is 1. The van der Waals surface area contributed by atoms with Gasteiger partial charge in [-0.15, -0.1) is 0 Å². The van der Waals surface area contributed by atoms with Crippen molar-refractivity contribution in [1.82, 2.24) is 0 Å². The molecule has 0 bridgehead atoms. The van der Waals surface area contributed by atoms with Crippen molar-refractivity contribution >= 4 is 5.97 Å². The Morgan fingerprint density at radius 3 is 2.53 bits per heavy atom. The molecule has 0 spiro atoms. The molecule has 0 radical (unpaired) electrons. The summed E-state index contributed by atoms with van der Waals surface area (Å²) in [4.78, 5) is 11.9. The molecule has 1 aromatic rings. The summed E-state index contributed by atoms with van der Waals surface area (Å²) < 4.78 is 10.4. The molecular formula is C15H23NO3. The largest absolute Gasteiger partial charge is 0.496 e. The summed E-state index contributed by atoms with van der Waals surface area (Å²) in [6.07, 6.45) is 0. The summed E-state index contributed by atoms with van der Waals surface area (Å²) in [5, 5.41) is 0. The summed E-state index contributed by atoms with van der Waals surface area (Å²) in [7, 11) is 1.65. The van der Waals surface area contributed by atoms with Crippen molar-refractivity contribution in [3.8, 4) is 5.75 Å². The molecule has 4 heteroatoms. The molecular weight excluding hydrogens is 242 g/mol. The van der Waals surface area contributed by atoms with Gasteiger partial charge in [0.1, 0.15) is 5.75 Å². The number of esters is 1. The normalized spacial score (nSPS) is 12.3. The molecule has 106 valence electrons. The van der Waals surface area contributed by atoms with Crippen LogP contribution >= 0.6 is 0 Å². The lowest BCUT2D eigenvalue weighted by Crippen LogP contribution is -2.24. The van der Waals surface area contributed by atoms with E-state index >= 15 is 0 Å². The third-order valence-corrected chi connectivity index (χ3v) is 3.08. The van der Waals surface area contributed by atoms with Crippen molar-refractivity contribution in [3.63, 3.8) is 0 Å². The van der Waals surface area contributed by atoms with E-state index < -0.39 is 5.92 Å². The Kier molecular flexibility index (Phi) is 5.83. The predicted octanol–water partition coefficient (Wildman–Crippen LogP) is 2.42. The Morgan fingerprint density at radius 1 is 1.37 bits per heavy atom. The van der Waals surface area contributed by atoms with E-state index in [4.69, 9.17) is 15.2 Å². The van der Waals surface area contributed by atoms with Crippen molar-refractivity contribution in [2.75, 3.05) is 20.3 Å². The van der Waals surface area contributed by atoms with E-state index in [1.807, 2.05) is 18.2 Å². The topological polar surface area (TPSA) is 61.5 Å². The zero-order chi connectivity index (χ0) is 14.4. The van der Waals surface area contributed by atoms with Gasteiger partial charge in [-0.3, -0.25) is 4.79 Å². The first-order valence-electron chi connectivity index (χ1n) is 6.59. The summed E-state index contributed by atoms with van der Waals surface area (Å²) in [6.45, 7) is 6.57. The minimum absolute atomic E-state index is 0.239. The van der Waals surface area contributed by atoms with E-state index in [1.54, 1.807) is 14.0 Å². The predicted molar refractivity (Wildman–Crippen MR) is 75.5 cm³/mol. The quantitative estimate of drug-likeness (QED) is 0.802. The lowest BCUT2D eigenvalue weighted by Gasteiger charge is -2.18. The number of rotatable bonds is 6. The van der Waals surface area contributed by atoms with E-state index in [0.29, 0.717) is 12.5 Å². The van der Waals surface area contributed by atoms with E-state index in [0.717, 1.165) is 16.9 Å². The molecule has 19 heavy (non-hydrogen) atoms. The maximum Gasteiger partial charge on any atom is 0.314 e. The molecule has 0 amide bonds. The number of carbonyl (C=O) groups is 1. The fraction of sp³-hybridized carbons (Fsp3) is 0.533. The molecule has 1 unspecified atom stereocenters. The van der Waals surface area contributed by atoms with Crippen LogP contribution in [-0.4, -0.2) is 26.2 Å². The lowest BCUT2D eigenvalue weighted by molar-refractivity contribution is -0.144. The highest BCUT2D eigenvalue weighted by Crippen LogP contribution is 2.30. The highest BCUT2D eigenvalue weighted by atomic mass is 16.5. The summed E-state index contributed by atoms with van der Waals surface area (Å²) >= 11 is 0. The van der Waals surface area contributed by atoms with Gasteiger partial charge in [0.25, 0.3) is 0 Å². The van der Waals surface area contributed by atoms with Gasteiger partial charge in [-0.05, 0) is 30.0 Å². The van der Waals surface area contributed by atoms with Gasteiger partial charge in [-0.2, -0.15) is 0 Å². The van der Waals surface area contributed by atoms with Gasteiger partial charge in [0, 0.05) is 6.54 Å². The Bertz CT molecular complexity index is 429. The zero-order valence-electron chi connectivity index (χ0n) is 12.1. The fourth-order valence-electron chi connectivity index (χ4n) is 2.03. The van der Waals surface area contributed by atoms with Gasteiger partial charge in [0.2, 0.25) is 0 Å². The van der Waals surface area contributed by atoms with Crippen LogP contribution in [0.25, 0.3) is 0 Å². The first-order chi connectivity index (χ1) is 9.04. The average Bonchev–Trinajstić information content (AvgIpc) is 2.39. The second-order valence-corrected chi connectivity index (χ2v) is 4.70. The van der Waals surface area contributed by atoms with E-state index in [2.05, 4.69) is 13.8 Å². The van der Waals surface area contributed by atoms with Crippen LogP contribution in [0.2, 0.25) is 0 Å². The third-order valence-electron chi connectivity index (χ3n) is 3.08. The monoisotopic (exact) mass is 265 g/mol. The van der Waals surface area contributed by atoms with Crippen molar-refractivity contribution in [1.29, 1.82) is 0 Å². The van der Waals surface area contributed by atoms with E-state index in [9.17, 15) is 4.79 Å². The Labute approximate surface area is 114 Å². The summed E-state index contributed by atoms with van der Waals surface area (Å²) in [6, 6.07) is 5.74. The number of hydrogen-bond acceptors (Lipinski definition) is 4.